The highest BCUT2D eigenvalue weighted by Crippen LogP contribution is 2.20. The zero-order valence-electron chi connectivity index (χ0n) is 6.04. The van der Waals surface area contributed by atoms with Crippen LogP contribution in [0, 0.1) is 0 Å². The molecule has 0 atom stereocenters. The van der Waals surface area contributed by atoms with Crippen LogP contribution in [-0.4, -0.2) is 36.7 Å². The van der Waals surface area contributed by atoms with Crippen LogP contribution in [0.1, 0.15) is 0 Å². The number of hydrogen-bond acceptors (Lipinski definition) is 4. The maximum Gasteiger partial charge on any atom is 0.402 e. The fraction of sp³-hybridized carbons (Fsp3) is 0.750. The molecule has 0 aromatic heterocycles. The summed E-state index contributed by atoms with van der Waals surface area (Å²) >= 11 is 4.86. The summed E-state index contributed by atoms with van der Waals surface area (Å²) in [5.41, 5.74) is 0. The molecule has 0 spiro atoms. The molecule has 13 heavy (non-hydrogen) atoms. The van der Waals surface area contributed by atoms with E-state index in [1.807, 2.05) is 0 Å². The number of ether oxygens (including phenoxy) is 1. The van der Waals surface area contributed by atoms with Crippen molar-refractivity contribution < 1.29 is 31.3 Å². The molecule has 0 saturated carbocycles. The van der Waals surface area contributed by atoms with Crippen molar-refractivity contribution in [2.75, 3.05) is 12.5 Å². The Morgan fingerprint density at radius 3 is 2.31 bits per heavy atom. The lowest BCUT2D eigenvalue weighted by Gasteiger charge is -2.11. The van der Waals surface area contributed by atoms with Gasteiger partial charge in [-0.25, -0.2) is 0 Å². The summed E-state index contributed by atoms with van der Waals surface area (Å²) in [4.78, 5) is 10.2. The molecule has 0 aromatic rings. The van der Waals surface area contributed by atoms with Gasteiger partial charge >= 0.3 is 21.3 Å². The summed E-state index contributed by atoms with van der Waals surface area (Å²) in [5, 5.41) is -4.51. The van der Waals surface area contributed by atoms with Gasteiger partial charge in [-0.2, -0.15) is 17.2 Å². The SMILES string of the molecule is O=C(CCl)OCC(F)(F)S(=O)(=O)O. The quantitative estimate of drug-likeness (QED) is 0.431. The topological polar surface area (TPSA) is 80.7 Å². The molecule has 0 aliphatic rings. The molecule has 0 unspecified atom stereocenters. The third kappa shape index (κ3) is 3.83. The second-order valence-corrected chi connectivity index (χ2v) is 3.72. The van der Waals surface area contributed by atoms with E-state index in [4.69, 9.17) is 16.2 Å². The number of hydrogen-bond donors (Lipinski definition) is 1. The van der Waals surface area contributed by atoms with Crippen molar-refractivity contribution in [2.24, 2.45) is 0 Å². The molecule has 78 valence electrons. The Bertz CT molecular complexity index is 287. The molecule has 0 bridgehead atoms. The fourth-order valence-corrected chi connectivity index (χ4v) is 0.563. The van der Waals surface area contributed by atoms with Crippen molar-refractivity contribution in [2.45, 2.75) is 5.25 Å². The van der Waals surface area contributed by atoms with Crippen LogP contribution in [0.4, 0.5) is 8.78 Å². The Morgan fingerprint density at radius 1 is 1.54 bits per heavy atom. The van der Waals surface area contributed by atoms with E-state index >= 15 is 0 Å². The van der Waals surface area contributed by atoms with E-state index < -0.39 is 33.8 Å². The van der Waals surface area contributed by atoms with Crippen LogP contribution in [0.3, 0.4) is 0 Å². The van der Waals surface area contributed by atoms with Crippen molar-refractivity contribution in [1.82, 2.24) is 0 Å². The predicted octanol–water partition coefficient (Wildman–Crippen LogP) is 0.249. The van der Waals surface area contributed by atoms with Crippen LogP contribution in [0.2, 0.25) is 0 Å². The minimum Gasteiger partial charge on any atom is -0.457 e. The Kier molecular flexibility index (Phi) is 4.01. The molecule has 0 heterocycles. The van der Waals surface area contributed by atoms with Crippen molar-refractivity contribution in [3.8, 4) is 0 Å². The molecule has 9 heteroatoms. The van der Waals surface area contributed by atoms with Crippen molar-refractivity contribution >= 4 is 27.7 Å². The summed E-state index contributed by atoms with van der Waals surface area (Å²) in [6.07, 6.45) is 0. The standard InChI is InChI=1S/C4H5ClF2O5S/c5-1-3(8)12-2-4(6,7)13(9,10)11/h1-2H2,(H,9,10,11). The van der Waals surface area contributed by atoms with Crippen molar-refractivity contribution in [1.29, 1.82) is 0 Å². The maximum absolute atomic E-state index is 12.3. The number of halogens is 3. The first-order valence-electron chi connectivity index (χ1n) is 2.77. The first-order chi connectivity index (χ1) is 5.70. The second-order valence-electron chi connectivity index (χ2n) is 1.91. The smallest absolute Gasteiger partial charge is 0.402 e. The van der Waals surface area contributed by atoms with E-state index in [2.05, 4.69) is 4.74 Å². The maximum atomic E-state index is 12.3. The predicted molar refractivity (Wildman–Crippen MR) is 38.2 cm³/mol. The summed E-state index contributed by atoms with van der Waals surface area (Å²) in [6.45, 7) is -1.75. The third-order valence-electron chi connectivity index (χ3n) is 0.888. The molecule has 0 saturated heterocycles. The zero-order valence-corrected chi connectivity index (χ0v) is 7.61. The minimum absolute atomic E-state index is 0.679. The van der Waals surface area contributed by atoms with Crippen LogP contribution < -0.4 is 0 Å². The van der Waals surface area contributed by atoms with Crippen LogP contribution in [-0.2, 0) is 19.6 Å². The van der Waals surface area contributed by atoms with E-state index in [-0.39, 0.29) is 0 Å². The molecule has 0 radical (unpaired) electrons. The number of rotatable bonds is 4. The van der Waals surface area contributed by atoms with Crippen LogP contribution in [0.5, 0.6) is 0 Å². The average molecular weight is 239 g/mol. The molecule has 5 nitrogen and oxygen atoms in total. The normalized spacial score (nSPS) is 12.6. The number of esters is 1. The van der Waals surface area contributed by atoms with Crippen molar-refractivity contribution in [3.05, 3.63) is 0 Å². The average Bonchev–Trinajstić information content (AvgIpc) is 1.98. The molecule has 0 amide bonds. The van der Waals surface area contributed by atoms with Crippen molar-refractivity contribution in [3.63, 3.8) is 0 Å². The van der Waals surface area contributed by atoms with Crippen LogP contribution >= 0.6 is 11.6 Å². The van der Waals surface area contributed by atoms with Gasteiger partial charge in [0, 0.05) is 0 Å². The lowest BCUT2D eigenvalue weighted by molar-refractivity contribution is -0.146. The Morgan fingerprint density at radius 2 is 2.00 bits per heavy atom. The van der Waals surface area contributed by atoms with E-state index in [1.54, 1.807) is 0 Å². The van der Waals surface area contributed by atoms with E-state index in [1.165, 1.54) is 0 Å². The van der Waals surface area contributed by atoms with Crippen LogP contribution in [0.15, 0.2) is 0 Å². The lowest BCUT2D eigenvalue weighted by atomic mass is 10.7. The summed E-state index contributed by atoms with van der Waals surface area (Å²) in [6, 6.07) is 0. The van der Waals surface area contributed by atoms with Gasteiger partial charge in [0.15, 0.2) is 6.61 Å². The van der Waals surface area contributed by atoms with Gasteiger partial charge in [0.05, 0.1) is 0 Å². The van der Waals surface area contributed by atoms with Gasteiger partial charge in [-0.15, -0.1) is 11.6 Å². The second kappa shape index (κ2) is 4.16. The molecule has 0 fully saturated rings. The van der Waals surface area contributed by atoms with E-state index in [9.17, 15) is 22.0 Å². The highest BCUT2D eigenvalue weighted by molar-refractivity contribution is 7.86. The van der Waals surface area contributed by atoms with Gasteiger partial charge in [-0.05, 0) is 0 Å². The van der Waals surface area contributed by atoms with Gasteiger partial charge in [-0.3, -0.25) is 9.35 Å². The van der Waals surface area contributed by atoms with Gasteiger partial charge in [0.25, 0.3) is 0 Å². The fourth-order valence-electron chi connectivity index (χ4n) is 0.278. The lowest BCUT2D eigenvalue weighted by Crippen LogP contribution is -2.34. The molecule has 0 aliphatic heterocycles. The number of alkyl halides is 3. The molecule has 1 N–H and O–H groups in total. The summed E-state index contributed by atoms with van der Waals surface area (Å²) < 4.78 is 56.1. The Labute approximate surface area is 77.4 Å². The van der Waals surface area contributed by atoms with Gasteiger partial charge < -0.3 is 4.74 Å². The van der Waals surface area contributed by atoms with E-state index in [0.29, 0.717) is 0 Å². The number of carbonyl (C=O) groups excluding carboxylic acids is 1. The Balaban J connectivity index is 4.29. The molecule has 0 aromatic carbocycles. The van der Waals surface area contributed by atoms with Gasteiger partial charge in [0.1, 0.15) is 5.88 Å². The van der Waals surface area contributed by atoms with Gasteiger partial charge in [-0.1, -0.05) is 0 Å². The summed E-state index contributed by atoms with van der Waals surface area (Å²) in [7, 11) is -5.56. The molecule has 0 aliphatic carbocycles. The van der Waals surface area contributed by atoms with Gasteiger partial charge in [0.2, 0.25) is 0 Å². The molecular weight excluding hydrogens is 234 g/mol. The zero-order chi connectivity index (χ0) is 10.7. The Hall–Kier alpha value is -0.470. The highest BCUT2D eigenvalue weighted by atomic mass is 35.5. The van der Waals surface area contributed by atoms with E-state index in [0.717, 1.165) is 0 Å². The molecule has 0 rings (SSSR count). The highest BCUT2D eigenvalue weighted by Gasteiger charge is 2.45. The summed E-state index contributed by atoms with van der Waals surface area (Å²) in [5.74, 6) is -1.88. The first-order valence-corrected chi connectivity index (χ1v) is 4.74. The monoisotopic (exact) mass is 238 g/mol. The third-order valence-corrected chi connectivity index (χ3v) is 1.98. The van der Waals surface area contributed by atoms with Crippen LogP contribution in [0.25, 0.3) is 0 Å². The molecular formula is C4H5ClF2O5S. The minimum atomic E-state index is -5.56. The first kappa shape index (κ1) is 12.5. The largest absolute Gasteiger partial charge is 0.457 e. The number of carbonyl (C=O) groups is 1.